The lowest BCUT2D eigenvalue weighted by Crippen LogP contribution is -2.42. The van der Waals surface area contributed by atoms with Crippen LogP contribution in [-0.4, -0.2) is 23.4 Å². The van der Waals surface area contributed by atoms with Crippen molar-refractivity contribution in [2.45, 2.75) is 26.4 Å². The van der Waals surface area contributed by atoms with Gasteiger partial charge in [-0.05, 0) is 31.2 Å². The molecule has 1 aromatic carbocycles. The molecule has 1 atom stereocenters. The van der Waals surface area contributed by atoms with E-state index in [1.54, 1.807) is 0 Å². The Balaban J connectivity index is 2.74. The van der Waals surface area contributed by atoms with Crippen molar-refractivity contribution in [1.29, 1.82) is 0 Å². The number of primary amides is 1. The third kappa shape index (κ3) is 3.24. The number of carbonyl (C=O) groups is 1. The number of nitrogens with two attached hydrogens (primary N) is 2. The minimum atomic E-state index is -0.300. The van der Waals surface area contributed by atoms with Crippen molar-refractivity contribution >= 4 is 11.6 Å². The third-order valence-electron chi connectivity index (χ3n) is 2.70. The van der Waals surface area contributed by atoms with Gasteiger partial charge in [-0.1, -0.05) is 19.1 Å². The number of anilines is 1. The second kappa shape index (κ2) is 5.51. The maximum Gasteiger partial charge on any atom is 0.234 e. The van der Waals surface area contributed by atoms with Gasteiger partial charge < -0.3 is 11.5 Å². The molecule has 1 rings (SSSR count). The van der Waals surface area contributed by atoms with E-state index >= 15 is 0 Å². The van der Waals surface area contributed by atoms with Crippen molar-refractivity contribution in [3.63, 3.8) is 0 Å². The number of benzene rings is 1. The van der Waals surface area contributed by atoms with Crippen LogP contribution in [0.2, 0.25) is 0 Å². The lowest BCUT2D eigenvalue weighted by Gasteiger charge is -2.25. The van der Waals surface area contributed by atoms with Crippen LogP contribution in [0.3, 0.4) is 0 Å². The lowest BCUT2D eigenvalue weighted by atomic mass is 10.1. The van der Waals surface area contributed by atoms with Gasteiger partial charge in [0, 0.05) is 12.2 Å². The van der Waals surface area contributed by atoms with Gasteiger partial charge in [-0.2, -0.15) is 0 Å². The van der Waals surface area contributed by atoms with Crippen molar-refractivity contribution in [2.75, 3.05) is 12.3 Å². The molecule has 0 fully saturated rings. The first kappa shape index (κ1) is 12.5. The standard InChI is InChI=1S/C12H19N3O/c1-3-15(9(2)12(14)16)8-10-5-4-6-11(13)7-10/h4-7,9H,3,8,13H2,1-2H3,(H2,14,16). The molecule has 4 nitrogen and oxygen atoms in total. The fourth-order valence-electron chi connectivity index (χ4n) is 1.63. The Labute approximate surface area is 96.2 Å². The molecule has 1 aromatic rings. The van der Waals surface area contributed by atoms with Crippen LogP contribution in [0.4, 0.5) is 5.69 Å². The summed E-state index contributed by atoms with van der Waals surface area (Å²) in [6, 6.07) is 7.40. The van der Waals surface area contributed by atoms with Gasteiger partial charge in [0.25, 0.3) is 0 Å². The van der Waals surface area contributed by atoms with Crippen LogP contribution >= 0.6 is 0 Å². The number of amides is 1. The zero-order chi connectivity index (χ0) is 12.1. The van der Waals surface area contributed by atoms with Gasteiger partial charge in [-0.25, -0.2) is 0 Å². The van der Waals surface area contributed by atoms with Gasteiger partial charge in [0.2, 0.25) is 5.91 Å². The fraction of sp³-hybridized carbons (Fsp3) is 0.417. The minimum Gasteiger partial charge on any atom is -0.399 e. The van der Waals surface area contributed by atoms with Crippen molar-refractivity contribution in [3.05, 3.63) is 29.8 Å². The highest BCUT2D eigenvalue weighted by molar-refractivity contribution is 5.79. The van der Waals surface area contributed by atoms with Crippen LogP contribution < -0.4 is 11.5 Å². The number of carbonyl (C=O) groups excluding carboxylic acids is 1. The van der Waals surface area contributed by atoms with E-state index in [4.69, 9.17) is 11.5 Å². The molecule has 0 aliphatic carbocycles. The summed E-state index contributed by atoms with van der Waals surface area (Å²) in [7, 11) is 0. The first-order valence-electron chi connectivity index (χ1n) is 5.42. The van der Waals surface area contributed by atoms with E-state index in [0.717, 1.165) is 17.8 Å². The van der Waals surface area contributed by atoms with Crippen LogP contribution in [0.15, 0.2) is 24.3 Å². The van der Waals surface area contributed by atoms with Gasteiger partial charge in [0.1, 0.15) is 0 Å². The SMILES string of the molecule is CCN(Cc1cccc(N)c1)C(C)C(N)=O. The summed E-state index contributed by atoms with van der Waals surface area (Å²) >= 11 is 0. The molecule has 4 heteroatoms. The lowest BCUT2D eigenvalue weighted by molar-refractivity contribution is -0.122. The summed E-state index contributed by atoms with van der Waals surface area (Å²) in [5.74, 6) is -0.300. The first-order valence-corrected chi connectivity index (χ1v) is 5.42. The van der Waals surface area contributed by atoms with Crippen LogP contribution in [0.25, 0.3) is 0 Å². The van der Waals surface area contributed by atoms with E-state index in [1.165, 1.54) is 0 Å². The Kier molecular flexibility index (Phi) is 4.31. The van der Waals surface area contributed by atoms with Gasteiger partial charge in [0.15, 0.2) is 0 Å². The molecule has 1 unspecified atom stereocenters. The minimum absolute atomic E-state index is 0.258. The summed E-state index contributed by atoms with van der Waals surface area (Å²) in [5, 5.41) is 0. The number of nitrogens with zero attached hydrogens (tertiary/aromatic N) is 1. The predicted molar refractivity (Wildman–Crippen MR) is 65.6 cm³/mol. The number of hydrogen-bond donors (Lipinski definition) is 2. The van der Waals surface area contributed by atoms with Crippen LogP contribution in [0.5, 0.6) is 0 Å². The fourth-order valence-corrected chi connectivity index (χ4v) is 1.63. The summed E-state index contributed by atoms with van der Waals surface area (Å²) in [4.78, 5) is 13.1. The highest BCUT2D eigenvalue weighted by Gasteiger charge is 2.17. The monoisotopic (exact) mass is 221 g/mol. The van der Waals surface area contributed by atoms with E-state index in [0.29, 0.717) is 6.54 Å². The zero-order valence-electron chi connectivity index (χ0n) is 9.81. The molecule has 0 aliphatic rings. The Morgan fingerprint density at radius 1 is 1.50 bits per heavy atom. The van der Waals surface area contributed by atoms with Gasteiger partial charge >= 0.3 is 0 Å². The molecule has 0 bridgehead atoms. The molecule has 0 aromatic heterocycles. The van der Waals surface area contributed by atoms with Gasteiger partial charge in [-0.3, -0.25) is 9.69 Å². The maximum absolute atomic E-state index is 11.1. The van der Waals surface area contributed by atoms with Crippen molar-refractivity contribution < 1.29 is 4.79 Å². The average Bonchev–Trinajstić information content (AvgIpc) is 2.25. The number of rotatable bonds is 5. The average molecular weight is 221 g/mol. The quantitative estimate of drug-likeness (QED) is 0.727. The van der Waals surface area contributed by atoms with E-state index < -0.39 is 0 Å². The van der Waals surface area contributed by atoms with Crippen LogP contribution in [-0.2, 0) is 11.3 Å². The Hall–Kier alpha value is -1.55. The van der Waals surface area contributed by atoms with E-state index in [9.17, 15) is 4.79 Å². The normalized spacial score (nSPS) is 12.7. The van der Waals surface area contributed by atoms with Crippen LogP contribution in [0, 0.1) is 0 Å². The highest BCUT2D eigenvalue weighted by atomic mass is 16.1. The number of likely N-dealkylation sites (N-methyl/N-ethyl adjacent to an activating group) is 1. The first-order chi connectivity index (χ1) is 7.54. The molecule has 0 heterocycles. The van der Waals surface area contributed by atoms with Crippen molar-refractivity contribution in [3.8, 4) is 0 Å². The summed E-state index contributed by atoms with van der Waals surface area (Å²) in [6.45, 7) is 5.29. The summed E-state index contributed by atoms with van der Waals surface area (Å²) < 4.78 is 0. The molecule has 0 aliphatic heterocycles. The Bertz CT molecular complexity index is 365. The van der Waals surface area contributed by atoms with E-state index in [1.807, 2.05) is 43.0 Å². The van der Waals surface area contributed by atoms with Crippen molar-refractivity contribution in [2.24, 2.45) is 5.73 Å². The molecular weight excluding hydrogens is 202 g/mol. The molecule has 0 radical (unpaired) electrons. The third-order valence-corrected chi connectivity index (χ3v) is 2.70. The van der Waals surface area contributed by atoms with Gasteiger partial charge in [0.05, 0.1) is 6.04 Å². The number of hydrogen-bond acceptors (Lipinski definition) is 3. The topological polar surface area (TPSA) is 72.3 Å². The van der Waals surface area contributed by atoms with Gasteiger partial charge in [-0.15, -0.1) is 0 Å². The molecule has 1 amide bonds. The maximum atomic E-state index is 11.1. The molecular formula is C12H19N3O. The predicted octanol–water partition coefficient (Wildman–Crippen LogP) is 0.965. The molecule has 16 heavy (non-hydrogen) atoms. The van der Waals surface area contributed by atoms with E-state index in [-0.39, 0.29) is 11.9 Å². The Morgan fingerprint density at radius 3 is 2.69 bits per heavy atom. The second-order valence-electron chi connectivity index (χ2n) is 3.89. The van der Waals surface area contributed by atoms with E-state index in [2.05, 4.69) is 0 Å². The zero-order valence-corrected chi connectivity index (χ0v) is 9.81. The molecule has 0 spiro atoms. The Morgan fingerprint density at radius 2 is 2.19 bits per heavy atom. The molecule has 88 valence electrons. The molecule has 0 saturated carbocycles. The molecule has 0 saturated heterocycles. The largest absolute Gasteiger partial charge is 0.399 e. The smallest absolute Gasteiger partial charge is 0.234 e. The van der Waals surface area contributed by atoms with Crippen molar-refractivity contribution in [1.82, 2.24) is 4.90 Å². The highest BCUT2D eigenvalue weighted by Crippen LogP contribution is 2.11. The number of nitrogen functional groups attached to an aromatic ring is 1. The summed E-state index contributed by atoms with van der Waals surface area (Å²) in [5.41, 5.74) is 12.8. The summed E-state index contributed by atoms with van der Waals surface area (Å²) in [6.07, 6.45) is 0. The molecule has 4 N–H and O–H groups in total. The second-order valence-corrected chi connectivity index (χ2v) is 3.89. The van der Waals surface area contributed by atoms with Crippen LogP contribution in [0.1, 0.15) is 19.4 Å².